The van der Waals surface area contributed by atoms with E-state index in [1.54, 1.807) is 13.2 Å². The molecule has 0 fully saturated rings. The van der Waals surface area contributed by atoms with Crippen molar-refractivity contribution >= 4 is 33.4 Å². The van der Waals surface area contributed by atoms with E-state index < -0.39 is 0 Å². The lowest BCUT2D eigenvalue weighted by Gasteiger charge is -2.09. The average molecular weight is 339 g/mol. The third-order valence-corrected chi connectivity index (χ3v) is 4.47. The number of para-hydroxylation sites is 1. The normalized spacial score (nSPS) is 11.1. The summed E-state index contributed by atoms with van der Waals surface area (Å²) in [4.78, 5) is 16.7. The van der Waals surface area contributed by atoms with Crippen LogP contribution in [0.2, 0.25) is 0 Å². The first-order valence-electron chi connectivity index (χ1n) is 7.60. The quantitative estimate of drug-likeness (QED) is 0.486. The Bertz CT molecular complexity index is 866. The van der Waals surface area contributed by atoms with E-state index in [0.717, 1.165) is 15.8 Å². The Balaban J connectivity index is 1.80. The molecule has 1 heterocycles. The molecule has 0 aliphatic rings. The predicted octanol–water partition coefficient (Wildman–Crippen LogP) is 4.60. The summed E-state index contributed by atoms with van der Waals surface area (Å²) in [5.41, 5.74) is 1.71. The summed E-state index contributed by atoms with van der Waals surface area (Å²) in [6, 6.07) is 13.3. The number of ether oxygens (including phenoxy) is 2. The van der Waals surface area contributed by atoms with Crippen molar-refractivity contribution in [2.75, 3.05) is 13.7 Å². The minimum absolute atomic E-state index is 0.107. The summed E-state index contributed by atoms with van der Waals surface area (Å²) in [6.45, 7) is 2.49. The fraction of sp³-hybridized carbons (Fsp3) is 0.158. The van der Waals surface area contributed by atoms with Crippen LogP contribution in [0.5, 0.6) is 11.5 Å². The van der Waals surface area contributed by atoms with E-state index in [1.807, 2.05) is 49.4 Å². The standard InChI is InChI=1S/C19H17NO3S/c1-3-23-16-11-9-13(12-17(16)22-2)8-10-15(21)19-20-14-6-4-5-7-18(14)24-19/h4-12H,3H2,1-2H3/b10-8+. The fourth-order valence-corrected chi connectivity index (χ4v) is 3.17. The number of carbonyl (C=O) groups excluding carboxylic acids is 1. The molecule has 2 aromatic carbocycles. The number of nitrogens with zero attached hydrogens (tertiary/aromatic N) is 1. The van der Waals surface area contributed by atoms with Crippen molar-refractivity contribution in [3.05, 3.63) is 59.1 Å². The van der Waals surface area contributed by atoms with Gasteiger partial charge in [-0.25, -0.2) is 4.98 Å². The van der Waals surface area contributed by atoms with Gasteiger partial charge in [0.05, 0.1) is 23.9 Å². The molecule has 4 nitrogen and oxygen atoms in total. The fourth-order valence-electron chi connectivity index (χ4n) is 2.28. The van der Waals surface area contributed by atoms with Gasteiger partial charge < -0.3 is 9.47 Å². The van der Waals surface area contributed by atoms with Crippen LogP contribution >= 0.6 is 11.3 Å². The van der Waals surface area contributed by atoms with Gasteiger partial charge in [0.2, 0.25) is 5.78 Å². The van der Waals surface area contributed by atoms with Gasteiger partial charge in [-0.05, 0) is 42.8 Å². The summed E-state index contributed by atoms with van der Waals surface area (Å²) in [6.07, 6.45) is 3.29. The summed E-state index contributed by atoms with van der Waals surface area (Å²) >= 11 is 1.40. The van der Waals surface area contributed by atoms with E-state index in [1.165, 1.54) is 17.4 Å². The average Bonchev–Trinajstić information content (AvgIpc) is 3.05. The largest absolute Gasteiger partial charge is 0.493 e. The number of thiazole rings is 1. The van der Waals surface area contributed by atoms with Crippen LogP contribution in [0.1, 0.15) is 22.3 Å². The molecule has 122 valence electrons. The molecule has 0 atom stereocenters. The monoisotopic (exact) mass is 339 g/mol. The van der Waals surface area contributed by atoms with Crippen molar-refractivity contribution in [2.24, 2.45) is 0 Å². The second-order valence-electron chi connectivity index (χ2n) is 5.03. The predicted molar refractivity (Wildman–Crippen MR) is 97.1 cm³/mol. The highest BCUT2D eigenvalue weighted by atomic mass is 32.1. The molecular weight excluding hydrogens is 322 g/mol. The molecule has 0 spiro atoms. The Kier molecular flexibility index (Phi) is 4.91. The zero-order chi connectivity index (χ0) is 16.9. The SMILES string of the molecule is CCOc1ccc(/C=C/C(=O)c2nc3ccccc3s2)cc1OC. The lowest BCUT2D eigenvalue weighted by molar-refractivity contribution is 0.104. The van der Waals surface area contributed by atoms with Crippen molar-refractivity contribution in [3.8, 4) is 11.5 Å². The van der Waals surface area contributed by atoms with E-state index in [0.29, 0.717) is 23.1 Å². The molecule has 0 N–H and O–H groups in total. The van der Waals surface area contributed by atoms with Crippen LogP contribution in [0.25, 0.3) is 16.3 Å². The van der Waals surface area contributed by atoms with Crippen LogP contribution < -0.4 is 9.47 Å². The van der Waals surface area contributed by atoms with Crippen LogP contribution in [0.3, 0.4) is 0 Å². The molecule has 3 rings (SSSR count). The molecule has 0 radical (unpaired) electrons. The molecule has 24 heavy (non-hydrogen) atoms. The first-order valence-corrected chi connectivity index (χ1v) is 8.41. The number of fused-ring (bicyclic) bond motifs is 1. The number of allylic oxidation sites excluding steroid dienone is 1. The molecule has 5 heteroatoms. The van der Waals surface area contributed by atoms with Crippen molar-refractivity contribution in [1.29, 1.82) is 0 Å². The molecule has 0 aliphatic heterocycles. The number of carbonyl (C=O) groups is 1. The minimum Gasteiger partial charge on any atom is -0.493 e. The highest BCUT2D eigenvalue weighted by Crippen LogP contribution is 2.28. The zero-order valence-electron chi connectivity index (χ0n) is 13.5. The zero-order valence-corrected chi connectivity index (χ0v) is 14.3. The topological polar surface area (TPSA) is 48.4 Å². The van der Waals surface area contributed by atoms with Crippen LogP contribution in [0, 0.1) is 0 Å². The maximum Gasteiger partial charge on any atom is 0.214 e. The number of aromatic nitrogens is 1. The Morgan fingerprint density at radius 2 is 2.04 bits per heavy atom. The summed E-state index contributed by atoms with van der Waals surface area (Å²) in [5.74, 6) is 1.23. The van der Waals surface area contributed by atoms with Crippen molar-refractivity contribution in [3.63, 3.8) is 0 Å². The second-order valence-corrected chi connectivity index (χ2v) is 6.06. The maximum atomic E-state index is 12.3. The number of rotatable bonds is 6. The van der Waals surface area contributed by atoms with E-state index >= 15 is 0 Å². The van der Waals surface area contributed by atoms with Crippen molar-refractivity contribution in [2.45, 2.75) is 6.92 Å². The van der Waals surface area contributed by atoms with Crippen LogP contribution in [0.15, 0.2) is 48.5 Å². The summed E-state index contributed by atoms with van der Waals surface area (Å²) in [7, 11) is 1.59. The van der Waals surface area contributed by atoms with E-state index in [9.17, 15) is 4.79 Å². The van der Waals surface area contributed by atoms with E-state index in [4.69, 9.17) is 9.47 Å². The van der Waals surface area contributed by atoms with Gasteiger partial charge in [0.15, 0.2) is 16.5 Å². The highest BCUT2D eigenvalue weighted by molar-refractivity contribution is 7.20. The number of benzene rings is 2. The molecular formula is C19H17NO3S. The summed E-state index contributed by atoms with van der Waals surface area (Å²) < 4.78 is 11.8. The third kappa shape index (κ3) is 3.46. The molecule has 0 amide bonds. The van der Waals surface area contributed by atoms with Gasteiger partial charge in [-0.3, -0.25) is 4.79 Å². The lowest BCUT2D eigenvalue weighted by Crippen LogP contribution is -1.95. The van der Waals surface area contributed by atoms with E-state index in [2.05, 4.69) is 4.98 Å². The Hall–Kier alpha value is -2.66. The first-order chi connectivity index (χ1) is 11.7. The Morgan fingerprint density at radius 1 is 1.21 bits per heavy atom. The van der Waals surface area contributed by atoms with E-state index in [-0.39, 0.29) is 5.78 Å². The van der Waals surface area contributed by atoms with Gasteiger partial charge in [-0.1, -0.05) is 24.3 Å². The minimum atomic E-state index is -0.107. The number of hydrogen-bond acceptors (Lipinski definition) is 5. The van der Waals surface area contributed by atoms with Crippen LogP contribution in [0.4, 0.5) is 0 Å². The van der Waals surface area contributed by atoms with Gasteiger partial charge in [0.1, 0.15) is 0 Å². The molecule has 0 unspecified atom stereocenters. The molecule has 0 saturated carbocycles. The number of methoxy groups -OCH3 is 1. The summed E-state index contributed by atoms with van der Waals surface area (Å²) in [5, 5.41) is 0.491. The van der Waals surface area contributed by atoms with Crippen molar-refractivity contribution < 1.29 is 14.3 Å². The Morgan fingerprint density at radius 3 is 2.79 bits per heavy atom. The lowest BCUT2D eigenvalue weighted by atomic mass is 10.1. The first kappa shape index (κ1) is 16.2. The van der Waals surface area contributed by atoms with Gasteiger partial charge in [-0.15, -0.1) is 11.3 Å². The molecule has 1 aromatic heterocycles. The second kappa shape index (κ2) is 7.27. The van der Waals surface area contributed by atoms with Gasteiger partial charge in [0, 0.05) is 0 Å². The molecule has 0 aliphatic carbocycles. The Labute approximate surface area is 144 Å². The maximum absolute atomic E-state index is 12.3. The molecule has 0 saturated heterocycles. The van der Waals surface area contributed by atoms with Crippen molar-refractivity contribution in [1.82, 2.24) is 4.98 Å². The molecule has 3 aromatic rings. The van der Waals surface area contributed by atoms with Gasteiger partial charge >= 0.3 is 0 Å². The third-order valence-electron chi connectivity index (χ3n) is 3.42. The number of ketones is 1. The smallest absolute Gasteiger partial charge is 0.214 e. The van der Waals surface area contributed by atoms with Crippen LogP contribution in [-0.2, 0) is 0 Å². The highest BCUT2D eigenvalue weighted by Gasteiger charge is 2.09. The van der Waals surface area contributed by atoms with Gasteiger partial charge in [-0.2, -0.15) is 0 Å². The van der Waals surface area contributed by atoms with Gasteiger partial charge in [0.25, 0.3) is 0 Å². The number of hydrogen-bond donors (Lipinski definition) is 0. The molecule has 0 bridgehead atoms. The van der Waals surface area contributed by atoms with Crippen LogP contribution in [-0.4, -0.2) is 24.5 Å².